The molecule has 88 valence electrons. The van der Waals surface area contributed by atoms with Crippen molar-refractivity contribution < 1.29 is 9.53 Å². The van der Waals surface area contributed by atoms with Gasteiger partial charge in [0, 0.05) is 12.3 Å². The lowest BCUT2D eigenvalue weighted by molar-refractivity contribution is -0.0331. The molecule has 1 fully saturated rings. The number of nitrogens with zero attached hydrogens (tertiary/aromatic N) is 2. The second kappa shape index (κ2) is 3.85. The highest BCUT2D eigenvalue weighted by Crippen LogP contribution is 2.21. The minimum Gasteiger partial charge on any atom is -0.381 e. The number of rotatable bonds is 2. The van der Waals surface area contributed by atoms with Crippen molar-refractivity contribution >= 4 is 22.9 Å². The molecule has 0 radical (unpaired) electrons. The molecule has 0 amide bonds. The smallest absolute Gasteiger partial charge is 0.234 e. The van der Waals surface area contributed by atoms with Gasteiger partial charge in [-0.1, -0.05) is 12.1 Å². The van der Waals surface area contributed by atoms with Gasteiger partial charge in [0.1, 0.15) is 0 Å². The van der Waals surface area contributed by atoms with E-state index in [0.29, 0.717) is 25.6 Å². The van der Waals surface area contributed by atoms with Gasteiger partial charge in [0.2, 0.25) is 11.9 Å². The molecule has 2 N–H and O–H groups in total. The Kier molecular flexibility index (Phi) is 2.33. The van der Waals surface area contributed by atoms with E-state index in [9.17, 15) is 4.79 Å². The summed E-state index contributed by atoms with van der Waals surface area (Å²) in [6.45, 7) is 1.33. The second-order valence-electron chi connectivity index (χ2n) is 4.30. The quantitative estimate of drug-likeness (QED) is 0.845. The Morgan fingerprint density at radius 3 is 2.94 bits per heavy atom. The fourth-order valence-corrected chi connectivity index (χ4v) is 2.05. The minimum atomic E-state index is -0.00972. The number of para-hydroxylation sites is 2. The lowest BCUT2D eigenvalue weighted by Gasteiger charge is -2.25. The van der Waals surface area contributed by atoms with Crippen molar-refractivity contribution in [2.75, 3.05) is 18.9 Å². The Hall–Kier alpha value is -1.88. The molecule has 0 atom stereocenters. The summed E-state index contributed by atoms with van der Waals surface area (Å²) >= 11 is 0. The molecule has 0 unspecified atom stereocenters. The number of ether oxygens (including phenoxy) is 1. The third-order valence-electron chi connectivity index (χ3n) is 3.01. The molecular formula is C12H13N3O2. The SMILES string of the molecule is Nc1nc2ccccc2n1C(=O)CC1COC1. The Bertz CT molecular complexity index is 572. The van der Waals surface area contributed by atoms with Crippen LogP contribution in [0, 0.1) is 5.92 Å². The summed E-state index contributed by atoms with van der Waals surface area (Å²) in [6.07, 6.45) is 0.463. The van der Waals surface area contributed by atoms with E-state index in [-0.39, 0.29) is 11.9 Å². The molecule has 5 nitrogen and oxygen atoms in total. The van der Waals surface area contributed by atoms with Crippen LogP contribution in [0.1, 0.15) is 11.2 Å². The number of hydrogen-bond donors (Lipinski definition) is 1. The number of aromatic nitrogens is 2. The molecule has 1 saturated heterocycles. The normalized spacial score (nSPS) is 16.0. The van der Waals surface area contributed by atoms with E-state index in [1.54, 1.807) is 0 Å². The molecule has 1 aromatic carbocycles. The summed E-state index contributed by atoms with van der Waals surface area (Å²) in [7, 11) is 0. The summed E-state index contributed by atoms with van der Waals surface area (Å²) < 4.78 is 6.56. The summed E-state index contributed by atoms with van der Waals surface area (Å²) in [5.41, 5.74) is 7.32. The van der Waals surface area contributed by atoms with Gasteiger partial charge in [0.15, 0.2) is 0 Å². The molecule has 1 aliphatic rings. The minimum absolute atomic E-state index is 0.00972. The lowest BCUT2D eigenvalue weighted by atomic mass is 10.0. The predicted molar refractivity (Wildman–Crippen MR) is 63.7 cm³/mol. The first kappa shape index (κ1) is 10.3. The molecule has 2 heterocycles. The van der Waals surface area contributed by atoms with E-state index in [4.69, 9.17) is 10.5 Å². The first-order chi connectivity index (χ1) is 8.25. The van der Waals surface area contributed by atoms with Crippen LogP contribution >= 0.6 is 0 Å². The Morgan fingerprint density at radius 2 is 2.24 bits per heavy atom. The van der Waals surface area contributed by atoms with Gasteiger partial charge in [-0.3, -0.25) is 4.79 Å². The van der Waals surface area contributed by atoms with Crippen LogP contribution in [0.5, 0.6) is 0 Å². The van der Waals surface area contributed by atoms with Gasteiger partial charge >= 0.3 is 0 Å². The molecule has 17 heavy (non-hydrogen) atoms. The van der Waals surface area contributed by atoms with Crippen LogP contribution in [0.3, 0.4) is 0 Å². The zero-order valence-electron chi connectivity index (χ0n) is 9.30. The van der Waals surface area contributed by atoms with Crippen LogP contribution in [0.15, 0.2) is 24.3 Å². The number of hydrogen-bond acceptors (Lipinski definition) is 4. The van der Waals surface area contributed by atoms with Crippen LogP contribution in [-0.4, -0.2) is 28.7 Å². The summed E-state index contributed by atoms with van der Waals surface area (Å²) in [5.74, 6) is 0.573. The number of anilines is 1. The average molecular weight is 231 g/mol. The average Bonchev–Trinajstić information content (AvgIpc) is 2.59. The zero-order chi connectivity index (χ0) is 11.8. The van der Waals surface area contributed by atoms with Crippen LogP contribution in [0.2, 0.25) is 0 Å². The molecule has 5 heteroatoms. The van der Waals surface area contributed by atoms with Crippen LogP contribution < -0.4 is 5.73 Å². The molecule has 1 aliphatic heterocycles. The molecular weight excluding hydrogens is 218 g/mol. The predicted octanol–water partition coefficient (Wildman–Crippen LogP) is 1.30. The van der Waals surface area contributed by atoms with E-state index in [0.717, 1.165) is 11.0 Å². The van der Waals surface area contributed by atoms with E-state index in [2.05, 4.69) is 4.98 Å². The van der Waals surface area contributed by atoms with Crippen LogP contribution in [0.25, 0.3) is 11.0 Å². The third kappa shape index (κ3) is 1.68. The van der Waals surface area contributed by atoms with Gasteiger partial charge in [-0.15, -0.1) is 0 Å². The lowest BCUT2D eigenvalue weighted by Crippen LogP contribution is -2.31. The fourth-order valence-electron chi connectivity index (χ4n) is 2.05. The van der Waals surface area contributed by atoms with E-state index in [1.807, 2.05) is 24.3 Å². The van der Waals surface area contributed by atoms with Crippen LogP contribution in [0.4, 0.5) is 5.95 Å². The topological polar surface area (TPSA) is 70.1 Å². The van der Waals surface area contributed by atoms with Gasteiger partial charge < -0.3 is 10.5 Å². The molecule has 3 rings (SSSR count). The number of fused-ring (bicyclic) bond motifs is 1. The molecule has 0 saturated carbocycles. The Morgan fingerprint density at radius 1 is 1.47 bits per heavy atom. The number of nitrogen functional groups attached to an aromatic ring is 1. The largest absolute Gasteiger partial charge is 0.381 e. The van der Waals surface area contributed by atoms with Crippen molar-refractivity contribution in [2.45, 2.75) is 6.42 Å². The molecule has 2 aromatic rings. The maximum absolute atomic E-state index is 12.1. The van der Waals surface area contributed by atoms with Gasteiger partial charge in [-0.2, -0.15) is 0 Å². The number of carbonyl (C=O) groups excluding carboxylic acids is 1. The zero-order valence-corrected chi connectivity index (χ0v) is 9.30. The highest BCUT2D eigenvalue weighted by atomic mass is 16.5. The van der Waals surface area contributed by atoms with Gasteiger partial charge in [-0.05, 0) is 12.1 Å². The van der Waals surface area contributed by atoms with E-state index >= 15 is 0 Å². The van der Waals surface area contributed by atoms with Gasteiger partial charge in [0.05, 0.1) is 24.2 Å². The van der Waals surface area contributed by atoms with Crippen molar-refractivity contribution in [1.82, 2.24) is 9.55 Å². The van der Waals surface area contributed by atoms with Crippen LogP contribution in [-0.2, 0) is 4.74 Å². The Balaban J connectivity index is 1.97. The first-order valence-corrected chi connectivity index (χ1v) is 5.59. The van der Waals surface area contributed by atoms with Crippen molar-refractivity contribution in [3.63, 3.8) is 0 Å². The van der Waals surface area contributed by atoms with Crippen molar-refractivity contribution in [2.24, 2.45) is 5.92 Å². The monoisotopic (exact) mass is 231 g/mol. The molecule has 1 aromatic heterocycles. The second-order valence-corrected chi connectivity index (χ2v) is 4.30. The molecule has 0 aliphatic carbocycles. The Labute approximate surface area is 98.2 Å². The van der Waals surface area contributed by atoms with E-state index in [1.165, 1.54) is 4.57 Å². The molecule has 0 spiro atoms. The highest BCUT2D eigenvalue weighted by molar-refractivity contribution is 5.93. The van der Waals surface area contributed by atoms with Crippen molar-refractivity contribution in [3.8, 4) is 0 Å². The maximum atomic E-state index is 12.1. The van der Waals surface area contributed by atoms with Crippen molar-refractivity contribution in [1.29, 1.82) is 0 Å². The number of nitrogens with two attached hydrogens (primary N) is 1. The molecule has 0 bridgehead atoms. The summed E-state index contributed by atoms with van der Waals surface area (Å²) in [4.78, 5) is 16.3. The first-order valence-electron chi connectivity index (χ1n) is 5.59. The summed E-state index contributed by atoms with van der Waals surface area (Å²) in [5, 5.41) is 0. The highest BCUT2D eigenvalue weighted by Gasteiger charge is 2.24. The van der Waals surface area contributed by atoms with Crippen molar-refractivity contribution in [3.05, 3.63) is 24.3 Å². The summed E-state index contributed by atoms with van der Waals surface area (Å²) in [6, 6.07) is 7.46. The maximum Gasteiger partial charge on any atom is 0.234 e. The number of imidazole rings is 1. The fraction of sp³-hybridized carbons (Fsp3) is 0.333. The standard InChI is InChI=1S/C12H13N3O2/c13-12-14-9-3-1-2-4-10(9)15(12)11(16)5-8-6-17-7-8/h1-4,8H,5-7H2,(H2,13,14). The third-order valence-corrected chi connectivity index (χ3v) is 3.01. The number of carbonyl (C=O) groups is 1. The number of benzene rings is 1. The van der Waals surface area contributed by atoms with Gasteiger partial charge in [0.25, 0.3) is 0 Å². The van der Waals surface area contributed by atoms with E-state index < -0.39 is 0 Å². The van der Waals surface area contributed by atoms with Gasteiger partial charge in [-0.25, -0.2) is 9.55 Å².